The summed E-state index contributed by atoms with van der Waals surface area (Å²) >= 11 is 2.68. The van der Waals surface area contributed by atoms with Crippen LogP contribution in [0.25, 0.3) is 23.1 Å². The van der Waals surface area contributed by atoms with Crippen LogP contribution >= 0.6 is 22.7 Å². The van der Waals surface area contributed by atoms with Crippen LogP contribution in [0.1, 0.15) is 10.6 Å². The molecule has 3 heterocycles. The number of carbonyl (C=O) groups is 1. The van der Waals surface area contributed by atoms with E-state index in [-0.39, 0.29) is 12.5 Å². The Kier molecular flexibility index (Phi) is 5.98. The van der Waals surface area contributed by atoms with Crippen LogP contribution in [0.4, 0.5) is 5.13 Å². The Morgan fingerprint density at radius 1 is 1.27 bits per heavy atom. The molecular formula is C21H14N4O3S2. The first-order valence-electron chi connectivity index (χ1n) is 8.75. The highest BCUT2D eigenvalue weighted by Crippen LogP contribution is 2.29. The van der Waals surface area contributed by atoms with Gasteiger partial charge in [0, 0.05) is 22.5 Å². The molecular weight excluding hydrogens is 420 g/mol. The lowest BCUT2D eigenvalue weighted by Crippen LogP contribution is -2.20. The smallest absolute Gasteiger partial charge is 0.264 e. The number of benzene rings is 1. The zero-order valence-corrected chi connectivity index (χ0v) is 17.1. The largest absolute Gasteiger partial charge is 0.483 e. The average molecular weight is 435 g/mol. The van der Waals surface area contributed by atoms with Crippen molar-refractivity contribution in [3.8, 4) is 23.3 Å². The molecule has 148 valence electrons. The first kappa shape index (κ1) is 19.6. The normalized spacial score (nSPS) is 11.1. The summed E-state index contributed by atoms with van der Waals surface area (Å²) < 4.78 is 11.0. The Morgan fingerprint density at radius 2 is 2.17 bits per heavy atom. The van der Waals surface area contributed by atoms with E-state index in [0.29, 0.717) is 38.5 Å². The number of nitrogens with zero attached hydrogens (tertiary/aromatic N) is 3. The van der Waals surface area contributed by atoms with Crippen LogP contribution in [0.2, 0.25) is 0 Å². The van der Waals surface area contributed by atoms with Crippen molar-refractivity contribution in [2.45, 2.75) is 0 Å². The molecule has 1 N–H and O–H groups in total. The fraction of sp³-hybridized carbons (Fsp3) is 0.0476. The molecule has 3 aromatic heterocycles. The van der Waals surface area contributed by atoms with Gasteiger partial charge in [-0.25, -0.2) is 9.97 Å². The Labute approximate surface area is 179 Å². The molecule has 0 saturated carbocycles. The molecule has 0 aliphatic heterocycles. The number of ether oxygens (including phenoxy) is 1. The van der Waals surface area contributed by atoms with Crippen molar-refractivity contribution in [3.63, 3.8) is 0 Å². The summed E-state index contributed by atoms with van der Waals surface area (Å²) in [7, 11) is 0. The predicted octanol–water partition coefficient (Wildman–Crippen LogP) is 4.94. The van der Waals surface area contributed by atoms with Crippen molar-refractivity contribution in [1.82, 2.24) is 9.97 Å². The maximum atomic E-state index is 12.1. The van der Waals surface area contributed by atoms with Gasteiger partial charge in [-0.1, -0.05) is 18.2 Å². The van der Waals surface area contributed by atoms with E-state index in [2.05, 4.69) is 21.4 Å². The van der Waals surface area contributed by atoms with Crippen molar-refractivity contribution in [1.29, 1.82) is 5.26 Å². The minimum Gasteiger partial charge on any atom is -0.483 e. The second kappa shape index (κ2) is 9.17. The van der Waals surface area contributed by atoms with Crippen LogP contribution in [-0.4, -0.2) is 22.5 Å². The molecule has 0 bridgehead atoms. The predicted molar refractivity (Wildman–Crippen MR) is 116 cm³/mol. The molecule has 0 atom stereocenters. The number of hydrogen-bond donors (Lipinski definition) is 1. The Morgan fingerprint density at radius 3 is 2.93 bits per heavy atom. The lowest BCUT2D eigenvalue weighted by Gasteiger charge is -2.09. The Balaban J connectivity index is 1.51. The number of nitriles is 1. The number of para-hydroxylation sites is 1. The summed E-state index contributed by atoms with van der Waals surface area (Å²) in [5.74, 6) is 0.819. The Hall–Kier alpha value is -3.74. The molecule has 0 spiro atoms. The molecule has 4 rings (SSSR count). The van der Waals surface area contributed by atoms with E-state index in [4.69, 9.17) is 9.15 Å². The molecule has 1 aromatic carbocycles. The summed E-state index contributed by atoms with van der Waals surface area (Å²) in [6, 6.07) is 13.0. The quantitative estimate of drug-likeness (QED) is 0.413. The number of nitrogens with one attached hydrogen (secondary N) is 1. The third kappa shape index (κ3) is 4.63. The maximum absolute atomic E-state index is 12.1. The summed E-state index contributed by atoms with van der Waals surface area (Å²) in [5, 5.41) is 17.0. The van der Waals surface area contributed by atoms with Gasteiger partial charge in [-0.05, 0) is 24.3 Å². The van der Waals surface area contributed by atoms with Gasteiger partial charge in [0.1, 0.15) is 22.5 Å². The maximum Gasteiger partial charge on any atom is 0.264 e. The molecule has 0 aliphatic carbocycles. The van der Waals surface area contributed by atoms with Crippen molar-refractivity contribution < 1.29 is 13.9 Å². The molecule has 1 amide bonds. The third-order valence-electron chi connectivity index (χ3n) is 3.88. The zero-order chi connectivity index (χ0) is 20.8. The lowest BCUT2D eigenvalue weighted by atomic mass is 10.1. The van der Waals surface area contributed by atoms with Crippen molar-refractivity contribution >= 4 is 45.4 Å². The number of hydrogen-bond acceptors (Lipinski definition) is 8. The van der Waals surface area contributed by atoms with Crippen LogP contribution in [0.15, 0.2) is 64.0 Å². The van der Waals surface area contributed by atoms with Crippen LogP contribution in [-0.2, 0) is 4.79 Å². The van der Waals surface area contributed by atoms with E-state index in [1.165, 1.54) is 22.7 Å². The van der Waals surface area contributed by atoms with Crippen LogP contribution in [0.5, 0.6) is 5.75 Å². The minimum atomic E-state index is -0.313. The number of allylic oxidation sites excluding steroid dienone is 1. The average Bonchev–Trinajstić information content (AvgIpc) is 3.53. The van der Waals surface area contributed by atoms with Crippen molar-refractivity contribution in [2.24, 2.45) is 0 Å². The highest BCUT2D eigenvalue weighted by Gasteiger charge is 2.12. The Bertz CT molecular complexity index is 1210. The summed E-state index contributed by atoms with van der Waals surface area (Å²) in [5.41, 5.74) is 1.73. The molecule has 0 saturated heterocycles. The van der Waals surface area contributed by atoms with Gasteiger partial charge in [-0.15, -0.1) is 22.7 Å². The number of furan rings is 1. The molecule has 30 heavy (non-hydrogen) atoms. The van der Waals surface area contributed by atoms with E-state index in [1.807, 2.05) is 23.6 Å². The number of rotatable bonds is 7. The first-order chi connectivity index (χ1) is 14.7. The third-order valence-corrected chi connectivity index (χ3v) is 5.45. The summed E-state index contributed by atoms with van der Waals surface area (Å²) in [6.07, 6.45) is 4.88. The second-order valence-electron chi connectivity index (χ2n) is 5.90. The van der Waals surface area contributed by atoms with E-state index >= 15 is 0 Å². The summed E-state index contributed by atoms with van der Waals surface area (Å²) in [6.45, 7) is -0.174. The molecule has 0 radical (unpaired) electrons. The monoisotopic (exact) mass is 434 g/mol. The molecule has 4 aromatic rings. The summed E-state index contributed by atoms with van der Waals surface area (Å²) in [4.78, 5) is 20.6. The minimum absolute atomic E-state index is 0.174. The van der Waals surface area contributed by atoms with Gasteiger partial charge in [-0.3, -0.25) is 10.1 Å². The molecule has 7 nitrogen and oxygen atoms in total. The van der Waals surface area contributed by atoms with Gasteiger partial charge in [0.15, 0.2) is 17.5 Å². The van der Waals surface area contributed by atoms with Gasteiger partial charge in [0.2, 0.25) is 0 Å². The number of anilines is 1. The van der Waals surface area contributed by atoms with Crippen LogP contribution in [0, 0.1) is 11.3 Å². The molecule has 0 unspecified atom stereocenters. The fourth-order valence-corrected chi connectivity index (χ4v) is 3.87. The van der Waals surface area contributed by atoms with E-state index in [9.17, 15) is 10.1 Å². The van der Waals surface area contributed by atoms with E-state index in [0.717, 1.165) is 0 Å². The highest BCUT2D eigenvalue weighted by molar-refractivity contribution is 7.13. The number of amides is 1. The van der Waals surface area contributed by atoms with Crippen LogP contribution < -0.4 is 10.1 Å². The number of aromatic nitrogens is 2. The molecule has 0 fully saturated rings. The number of carbonyl (C=O) groups excluding carboxylic acids is 1. The van der Waals surface area contributed by atoms with Gasteiger partial charge in [0.05, 0.1) is 11.8 Å². The fourth-order valence-electron chi connectivity index (χ4n) is 2.55. The lowest BCUT2D eigenvalue weighted by molar-refractivity contribution is -0.118. The SMILES string of the molecule is N#C/C(=C\c1ccccc1OCC(=O)Nc1nccs1)c1nc(-c2ccco2)cs1. The van der Waals surface area contributed by atoms with Gasteiger partial charge in [-0.2, -0.15) is 5.26 Å². The van der Waals surface area contributed by atoms with E-state index < -0.39 is 0 Å². The van der Waals surface area contributed by atoms with Gasteiger partial charge >= 0.3 is 0 Å². The standard InChI is InChI=1S/C21H14N4O3S2/c22-11-15(20-24-16(13-30-20)18-6-3-8-27-18)10-14-4-1-2-5-17(14)28-12-19(26)25-21-23-7-9-29-21/h1-10,13H,12H2,(H,23,25,26)/b15-10+. The van der Waals surface area contributed by atoms with Gasteiger partial charge < -0.3 is 9.15 Å². The molecule has 9 heteroatoms. The van der Waals surface area contributed by atoms with Crippen molar-refractivity contribution in [2.75, 3.05) is 11.9 Å². The first-order valence-corrected chi connectivity index (χ1v) is 10.5. The zero-order valence-electron chi connectivity index (χ0n) is 15.4. The number of thiazole rings is 2. The van der Waals surface area contributed by atoms with E-state index in [1.54, 1.807) is 42.1 Å². The topological polar surface area (TPSA) is 101 Å². The van der Waals surface area contributed by atoms with Gasteiger partial charge in [0.25, 0.3) is 5.91 Å². The van der Waals surface area contributed by atoms with Crippen LogP contribution in [0.3, 0.4) is 0 Å². The highest BCUT2D eigenvalue weighted by atomic mass is 32.1. The van der Waals surface area contributed by atoms with Crippen molar-refractivity contribution in [3.05, 3.63) is 70.2 Å². The molecule has 0 aliphatic rings. The second-order valence-corrected chi connectivity index (χ2v) is 7.65.